The fourth-order valence-electron chi connectivity index (χ4n) is 2.78. The van der Waals surface area contributed by atoms with Gasteiger partial charge in [-0.25, -0.2) is 4.39 Å². The molecule has 0 heterocycles. The third-order valence-corrected chi connectivity index (χ3v) is 5.34. The van der Waals surface area contributed by atoms with E-state index in [2.05, 4.69) is 30.9 Å². The summed E-state index contributed by atoms with van der Waals surface area (Å²) in [6, 6.07) is 5.39. The molecule has 106 valence electrons. The Labute approximate surface area is 120 Å². The van der Waals surface area contributed by atoms with E-state index in [1.807, 2.05) is 6.07 Å². The Hall–Kier alpha value is -0.540. The van der Waals surface area contributed by atoms with Crippen molar-refractivity contribution in [2.45, 2.75) is 50.8 Å². The second-order valence-corrected chi connectivity index (χ2v) is 6.68. The molecule has 1 nitrogen and oxygen atoms in total. The molecule has 1 aromatic rings. The lowest BCUT2D eigenvalue weighted by Gasteiger charge is -2.22. The summed E-state index contributed by atoms with van der Waals surface area (Å²) < 4.78 is 13.5. The van der Waals surface area contributed by atoms with Crippen molar-refractivity contribution in [1.29, 1.82) is 0 Å². The van der Waals surface area contributed by atoms with Crippen LogP contribution in [0.15, 0.2) is 18.2 Å². The summed E-state index contributed by atoms with van der Waals surface area (Å²) in [7, 11) is 0. The fourth-order valence-corrected chi connectivity index (χ4v) is 4.21. The van der Waals surface area contributed by atoms with E-state index in [9.17, 15) is 4.39 Å². The summed E-state index contributed by atoms with van der Waals surface area (Å²) in [5.74, 6) is 0.914. The lowest BCUT2D eigenvalue weighted by Crippen LogP contribution is -2.24. The minimum atomic E-state index is -0.130. The third-order valence-electron chi connectivity index (χ3n) is 3.87. The predicted octanol–water partition coefficient (Wildman–Crippen LogP) is 4.46. The van der Waals surface area contributed by atoms with Gasteiger partial charge in [0.05, 0.1) is 0 Å². The number of hydrogen-bond donors (Lipinski definition) is 1. The first-order valence-electron chi connectivity index (χ1n) is 7.31. The molecular formula is C16H24FNS. The van der Waals surface area contributed by atoms with Gasteiger partial charge in [0.1, 0.15) is 5.82 Å². The maximum absolute atomic E-state index is 13.5. The zero-order chi connectivity index (χ0) is 13.7. The van der Waals surface area contributed by atoms with E-state index in [-0.39, 0.29) is 11.9 Å². The van der Waals surface area contributed by atoms with Crippen LogP contribution in [0.4, 0.5) is 4.39 Å². The van der Waals surface area contributed by atoms with Gasteiger partial charge in [-0.2, -0.15) is 11.8 Å². The number of nitrogens with one attached hydrogen (secondary N) is 1. The van der Waals surface area contributed by atoms with E-state index < -0.39 is 0 Å². The Morgan fingerprint density at radius 3 is 2.79 bits per heavy atom. The van der Waals surface area contributed by atoms with E-state index in [0.29, 0.717) is 0 Å². The highest BCUT2D eigenvalue weighted by molar-refractivity contribution is 7.99. The predicted molar refractivity (Wildman–Crippen MR) is 82.3 cm³/mol. The zero-order valence-corrected chi connectivity index (χ0v) is 12.7. The van der Waals surface area contributed by atoms with Gasteiger partial charge in [0, 0.05) is 17.0 Å². The van der Waals surface area contributed by atoms with Gasteiger partial charge in [-0.1, -0.05) is 25.8 Å². The monoisotopic (exact) mass is 281 g/mol. The third kappa shape index (κ3) is 4.22. The van der Waals surface area contributed by atoms with Crippen LogP contribution in [-0.4, -0.2) is 17.5 Å². The molecule has 1 aliphatic carbocycles. The van der Waals surface area contributed by atoms with Crippen LogP contribution in [0.25, 0.3) is 0 Å². The van der Waals surface area contributed by atoms with Gasteiger partial charge < -0.3 is 5.32 Å². The molecule has 1 aliphatic rings. The van der Waals surface area contributed by atoms with Crippen molar-refractivity contribution in [1.82, 2.24) is 5.32 Å². The van der Waals surface area contributed by atoms with Crippen molar-refractivity contribution < 1.29 is 4.39 Å². The van der Waals surface area contributed by atoms with Crippen molar-refractivity contribution in [3.8, 4) is 0 Å². The summed E-state index contributed by atoms with van der Waals surface area (Å²) in [4.78, 5) is 0. The molecule has 0 aromatic heterocycles. The molecule has 0 bridgehead atoms. The molecule has 1 aromatic carbocycles. The normalized spacial score (nSPS) is 17.8. The van der Waals surface area contributed by atoms with Crippen LogP contribution >= 0.6 is 11.8 Å². The fraction of sp³-hybridized carbons (Fsp3) is 0.625. The van der Waals surface area contributed by atoms with Crippen LogP contribution in [0.5, 0.6) is 0 Å². The molecular weight excluding hydrogens is 257 g/mol. The summed E-state index contributed by atoms with van der Waals surface area (Å²) in [6.45, 7) is 5.10. The SMILES string of the molecule is CCNC(CSC1CCCC1)c1cc(F)ccc1C. The molecule has 1 saturated carbocycles. The van der Waals surface area contributed by atoms with Crippen LogP contribution in [0, 0.1) is 12.7 Å². The lowest BCUT2D eigenvalue weighted by molar-refractivity contribution is 0.585. The van der Waals surface area contributed by atoms with Crippen molar-refractivity contribution in [2.24, 2.45) is 0 Å². The van der Waals surface area contributed by atoms with Gasteiger partial charge >= 0.3 is 0 Å². The van der Waals surface area contributed by atoms with Crippen LogP contribution < -0.4 is 5.32 Å². The maximum atomic E-state index is 13.5. The van der Waals surface area contributed by atoms with Crippen molar-refractivity contribution in [3.05, 3.63) is 35.1 Å². The summed E-state index contributed by atoms with van der Waals surface area (Å²) in [5.41, 5.74) is 2.30. The Kier molecular flexibility index (Phi) is 5.71. The smallest absolute Gasteiger partial charge is 0.123 e. The molecule has 0 aliphatic heterocycles. The van der Waals surface area contributed by atoms with E-state index >= 15 is 0 Å². The van der Waals surface area contributed by atoms with E-state index in [4.69, 9.17) is 0 Å². The van der Waals surface area contributed by atoms with Crippen LogP contribution in [0.1, 0.15) is 49.8 Å². The molecule has 2 rings (SSSR count). The highest BCUT2D eigenvalue weighted by Gasteiger charge is 2.19. The average molecular weight is 281 g/mol. The van der Waals surface area contributed by atoms with E-state index in [1.54, 1.807) is 12.1 Å². The molecule has 0 radical (unpaired) electrons. The van der Waals surface area contributed by atoms with Gasteiger partial charge in [-0.3, -0.25) is 0 Å². The number of thioether (sulfide) groups is 1. The van der Waals surface area contributed by atoms with Crippen molar-refractivity contribution in [3.63, 3.8) is 0 Å². The number of benzene rings is 1. The van der Waals surface area contributed by atoms with Crippen molar-refractivity contribution >= 4 is 11.8 Å². The zero-order valence-electron chi connectivity index (χ0n) is 11.9. The molecule has 0 spiro atoms. The highest BCUT2D eigenvalue weighted by Crippen LogP contribution is 2.32. The first-order valence-corrected chi connectivity index (χ1v) is 8.36. The Morgan fingerprint density at radius 1 is 1.37 bits per heavy atom. The molecule has 3 heteroatoms. The Morgan fingerprint density at radius 2 is 2.11 bits per heavy atom. The second-order valence-electron chi connectivity index (χ2n) is 5.35. The van der Waals surface area contributed by atoms with Gasteiger partial charge in [-0.05, 0) is 49.6 Å². The average Bonchev–Trinajstić information content (AvgIpc) is 2.91. The molecule has 0 saturated heterocycles. The minimum Gasteiger partial charge on any atom is -0.309 e. The largest absolute Gasteiger partial charge is 0.309 e. The second kappa shape index (κ2) is 7.30. The molecule has 1 fully saturated rings. The van der Waals surface area contributed by atoms with E-state index in [1.165, 1.54) is 31.2 Å². The van der Waals surface area contributed by atoms with Gasteiger partial charge in [0.15, 0.2) is 0 Å². The Balaban J connectivity index is 2.03. The Bertz CT molecular complexity index is 402. The number of rotatable bonds is 6. The number of hydrogen-bond acceptors (Lipinski definition) is 2. The summed E-state index contributed by atoms with van der Waals surface area (Å²) in [6.07, 6.45) is 5.46. The van der Waals surface area contributed by atoms with Gasteiger partial charge in [0.25, 0.3) is 0 Å². The first kappa shape index (κ1) is 14.9. The highest BCUT2D eigenvalue weighted by atomic mass is 32.2. The molecule has 0 amide bonds. The standard InChI is InChI=1S/C16H24FNS/c1-3-18-16(11-19-14-6-4-5-7-14)15-10-13(17)9-8-12(15)2/h8-10,14,16,18H,3-7,11H2,1-2H3. The van der Waals surface area contributed by atoms with Gasteiger partial charge in [-0.15, -0.1) is 0 Å². The summed E-state index contributed by atoms with van der Waals surface area (Å²) >= 11 is 2.06. The van der Waals surface area contributed by atoms with Crippen molar-refractivity contribution in [2.75, 3.05) is 12.3 Å². The molecule has 1 atom stereocenters. The quantitative estimate of drug-likeness (QED) is 0.826. The molecule has 1 N–H and O–H groups in total. The topological polar surface area (TPSA) is 12.0 Å². The summed E-state index contributed by atoms with van der Waals surface area (Å²) in [5, 5.41) is 4.32. The van der Waals surface area contributed by atoms with Gasteiger partial charge in [0.2, 0.25) is 0 Å². The van der Waals surface area contributed by atoms with Crippen LogP contribution in [0.3, 0.4) is 0 Å². The molecule has 1 unspecified atom stereocenters. The lowest BCUT2D eigenvalue weighted by atomic mass is 10.0. The van der Waals surface area contributed by atoms with Crippen LogP contribution in [-0.2, 0) is 0 Å². The number of halogens is 1. The van der Waals surface area contributed by atoms with E-state index in [0.717, 1.165) is 23.1 Å². The minimum absolute atomic E-state index is 0.130. The van der Waals surface area contributed by atoms with Crippen LogP contribution in [0.2, 0.25) is 0 Å². The number of aryl methyl sites for hydroxylation is 1. The molecule has 19 heavy (non-hydrogen) atoms. The maximum Gasteiger partial charge on any atom is 0.123 e. The first-order chi connectivity index (χ1) is 9.20.